The van der Waals surface area contributed by atoms with Crippen LogP contribution in [0.3, 0.4) is 0 Å². The van der Waals surface area contributed by atoms with E-state index in [1.165, 1.54) is 257 Å². The Morgan fingerprint density at radius 1 is 0.271 bits per heavy atom. The van der Waals surface area contributed by atoms with Gasteiger partial charge in [0, 0.05) is 25.5 Å². The molecule has 2 heteroatoms. The first-order valence-corrected chi connectivity index (χ1v) is 23.0. The van der Waals surface area contributed by atoms with Crippen LogP contribution in [0.5, 0.6) is 0 Å². The fourth-order valence-corrected chi connectivity index (χ4v) is 7.95. The van der Waals surface area contributed by atoms with Crippen molar-refractivity contribution >= 4 is 0 Å². The van der Waals surface area contributed by atoms with E-state index in [1.54, 1.807) is 0 Å². The highest BCUT2D eigenvalue weighted by Crippen LogP contribution is 2.24. The molecule has 286 valence electrons. The van der Waals surface area contributed by atoms with Crippen LogP contribution in [-0.2, 0) is 0 Å². The number of rotatable bonds is 40. The Morgan fingerprint density at radius 2 is 0.479 bits per heavy atom. The fourth-order valence-electron chi connectivity index (χ4n) is 7.95. The van der Waals surface area contributed by atoms with Crippen molar-refractivity contribution < 1.29 is 0 Å². The van der Waals surface area contributed by atoms with Crippen molar-refractivity contribution in [3.63, 3.8) is 0 Å². The summed E-state index contributed by atoms with van der Waals surface area (Å²) in [5.41, 5.74) is 0. The summed E-state index contributed by atoms with van der Waals surface area (Å²) in [4.78, 5) is 5.46. The third kappa shape index (κ3) is 29.1. The van der Waals surface area contributed by atoms with Gasteiger partial charge in [-0.25, -0.2) is 0 Å². The molecule has 0 aromatic heterocycles. The standard InChI is InChI=1S/C46H92N2/c1-4-7-10-13-16-19-22-24-26-28-31-34-37-40-43-48-45-44-47(42-39-36-33-30-21-18-15-12-9-6-3)46(48)41-38-35-32-29-27-25-23-20-17-14-11-8-5-2/h44-46H,4-43H2,1-3H3. The highest BCUT2D eigenvalue weighted by Gasteiger charge is 2.24. The molecule has 0 radical (unpaired) electrons. The van der Waals surface area contributed by atoms with Gasteiger partial charge < -0.3 is 9.80 Å². The molecule has 48 heavy (non-hydrogen) atoms. The van der Waals surface area contributed by atoms with Crippen LogP contribution in [0.25, 0.3) is 0 Å². The van der Waals surface area contributed by atoms with Crippen LogP contribution in [0.4, 0.5) is 0 Å². The van der Waals surface area contributed by atoms with Gasteiger partial charge in [0.1, 0.15) is 6.17 Å². The van der Waals surface area contributed by atoms with Crippen LogP contribution in [0.15, 0.2) is 12.4 Å². The van der Waals surface area contributed by atoms with E-state index >= 15 is 0 Å². The van der Waals surface area contributed by atoms with Gasteiger partial charge in [-0.1, -0.05) is 239 Å². The van der Waals surface area contributed by atoms with Gasteiger partial charge in [-0.3, -0.25) is 0 Å². The van der Waals surface area contributed by atoms with E-state index in [0.29, 0.717) is 6.17 Å². The normalized spacial score (nSPS) is 14.6. The lowest BCUT2D eigenvalue weighted by atomic mass is 10.0. The maximum atomic E-state index is 2.73. The van der Waals surface area contributed by atoms with Gasteiger partial charge in [-0.2, -0.15) is 0 Å². The monoisotopic (exact) mass is 673 g/mol. The predicted octanol–water partition coefficient (Wildman–Crippen LogP) is 16.3. The van der Waals surface area contributed by atoms with Gasteiger partial charge in [0.25, 0.3) is 0 Å². The molecule has 0 saturated heterocycles. The van der Waals surface area contributed by atoms with Crippen molar-refractivity contribution in [1.82, 2.24) is 9.80 Å². The molecule has 0 aromatic rings. The summed E-state index contributed by atoms with van der Waals surface area (Å²) in [6.07, 6.45) is 60.4. The average molecular weight is 673 g/mol. The Kier molecular flexibility index (Phi) is 35.5. The first kappa shape index (κ1) is 45.4. The summed E-state index contributed by atoms with van der Waals surface area (Å²) in [7, 11) is 0. The van der Waals surface area contributed by atoms with Crippen molar-refractivity contribution in [2.24, 2.45) is 0 Å². The van der Waals surface area contributed by atoms with E-state index in [2.05, 4.69) is 43.0 Å². The van der Waals surface area contributed by atoms with Crippen LogP contribution in [0.2, 0.25) is 0 Å². The highest BCUT2D eigenvalue weighted by atomic mass is 15.4. The summed E-state index contributed by atoms with van der Waals surface area (Å²) < 4.78 is 0. The van der Waals surface area contributed by atoms with Gasteiger partial charge in [-0.05, 0) is 25.7 Å². The lowest BCUT2D eigenvalue weighted by Crippen LogP contribution is -2.39. The molecular formula is C46H92N2. The molecule has 0 aromatic carbocycles. The van der Waals surface area contributed by atoms with Gasteiger partial charge >= 0.3 is 0 Å². The SMILES string of the molecule is CCCCCCCCCCCCCCCCN1C=CN(CCCCCCCCCCCC)C1CCCCCCCCCCCCCCC. The van der Waals surface area contributed by atoms with E-state index in [0.717, 1.165) is 0 Å². The van der Waals surface area contributed by atoms with Crippen LogP contribution in [-0.4, -0.2) is 29.1 Å². The summed E-state index contributed by atoms with van der Waals surface area (Å²) in [5, 5.41) is 0. The Morgan fingerprint density at radius 3 is 0.729 bits per heavy atom. The molecule has 0 bridgehead atoms. The predicted molar refractivity (Wildman–Crippen MR) is 219 cm³/mol. The molecule has 0 fully saturated rings. The zero-order chi connectivity index (χ0) is 34.4. The van der Waals surface area contributed by atoms with Gasteiger partial charge in [0.2, 0.25) is 0 Å². The second-order valence-electron chi connectivity index (χ2n) is 16.1. The maximum absolute atomic E-state index is 2.73. The zero-order valence-corrected chi connectivity index (χ0v) is 33.9. The van der Waals surface area contributed by atoms with Crippen LogP contribution in [0, 0.1) is 0 Å². The molecule has 1 unspecified atom stereocenters. The smallest absolute Gasteiger partial charge is 0.101 e. The number of nitrogens with zero attached hydrogens (tertiary/aromatic N) is 2. The van der Waals surface area contributed by atoms with E-state index in [-0.39, 0.29) is 0 Å². The largest absolute Gasteiger partial charge is 0.356 e. The lowest BCUT2D eigenvalue weighted by molar-refractivity contribution is 0.135. The molecular weight excluding hydrogens is 581 g/mol. The summed E-state index contributed by atoms with van der Waals surface area (Å²) in [6, 6.07) is 0. The van der Waals surface area contributed by atoms with Crippen LogP contribution >= 0.6 is 0 Å². The molecule has 0 saturated carbocycles. The maximum Gasteiger partial charge on any atom is 0.101 e. The Balaban J connectivity index is 2.20. The van der Waals surface area contributed by atoms with Crippen LogP contribution in [0.1, 0.15) is 265 Å². The third-order valence-electron chi connectivity index (χ3n) is 11.3. The molecule has 1 rings (SSSR count). The molecule has 2 nitrogen and oxygen atoms in total. The summed E-state index contributed by atoms with van der Waals surface area (Å²) in [6.45, 7) is 9.49. The van der Waals surface area contributed by atoms with Gasteiger partial charge in [-0.15, -0.1) is 0 Å². The number of hydrogen-bond acceptors (Lipinski definition) is 2. The highest BCUT2D eigenvalue weighted by molar-refractivity contribution is 4.97. The summed E-state index contributed by atoms with van der Waals surface area (Å²) >= 11 is 0. The van der Waals surface area contributed by atoms with E-state index < -0.39 is 0 Å². The lowest BCUT2D eigenvalue weighted by Gasteiger charge is -2.33. The van der Waals surface area contributed by atoms with E-state index in [1.807, 2.05) is 0 Å². The summed E-state index contributed by atoms with van der Waals surface area (Å²) in [5.74, 6) is 0. The minimum Gasteiger partial charge on any atom is -0.356 e. The molecule has 0 aliphatic carbocycles. The Hall–Kier alpha value is -0.660. The molecule has 1 heterocycles. The van der Waals surface area contributed by atoms with E-state index in [9.17, 15) is 0 Å². The minimum atomic E-state index is 0.637. The molecule has 0 amide bonds. The first-order chi connectivity index (χ1) is 23.8. The zero-order valence-electron chi connectivity index (χ0n) is 33.9. The molecule has 0 spiro atoms. The molecule has 0 N–H and O–H groups in total. The molecule has 1 aliphatic heterocycles. The molecule has 1 aliphatic rings. The quantitative estimate of drug-likeness (QED) is 0.0598. The minimum absolute atomic E-state index is 0.637. The van der Waals surface area contributed by atoms with Crippen molar-refractivity contribution in [1.29, 1.82) is 0 Å². The van der Waals surface area contributed by atoms with Crippen LogP contribution < -0.4 is 0 Å². The molecule has 1 atom stereocenters. The van der Waals surface area contributed by atoms with Crippen molar-refractivity contribution in [3.05, 3.63) is 12.4 Å². The second-order valence-corrected chi connectivity index (χ2v) is 16.1. The Bertz CT molecular complexity index is 630. The fraction of sp³-hybridized carbons (Fsp3) is 0.957. The second kappa shape index (κ2) is 37.6. The van der Waals surface area contributed by atoms with Gasteiger partial charge in [0.15, 0.2) is 0 Å². The van der Waals surface area contributed by atoms with E-state index in [4.69, 9.17) is 0 Å². The first-order valence-electron chi connectivity index (χ1n) is 23.0. The van der Waals surface area contributed by atoms with Crippen molar-refractivity contribution in [2.75, 3.05) is 13.1 Å². The Labute approximate surface area is 305 Å². The van der Waals surface area contributed by atoms with Crippen molar-refractivity contribution in [2.45, 2.75) is 271 Å². The topological polar surface area (TPSA) is 6.48 Å². The number of unbranched alkanes of at least 4 members (excludes halogenated alkanes) is 34. The number of hydrogen-bond donors (Lipinski definition) is 0. The van der Waals surface area contributed by atoms with Crippen molar-refractivity contribution in [3.8, 4) is 0 Å². The average Bonchev–Trinajstić information content (AvgIpc) is 3.48. The van der Waals surface area contributed by atoms with Gasteiger partial charge in [0.05, 0.1) is 0 Å². The third-order valence-corrected chi connectivity index (χ3v) is 11.3.